The Morgan fingerprint density at radius 3 is 2.81 bits per heavy atom. The summed E-state index contributed by atoms with van der Waals surface area (Å²) >= 11 is 9.49. The van der Waals surface area contributed by atoms with Gasteiger partial charge in [0.25, 0.3) is 5.91 Å². The zero-order valence-corrected chi connectivity index (χ0v) is 16.8. The van der Waals surface area contributed by atoms with E-state index in [1.807, 2.05) is 6.92 Å². The second kappa shape index (κ2) is 7.78. The van der Waals surface area contributed by atoms with E-state index in [0.717, 1.165) is 5.56 Å². The number of hydrogen-bond donors (Lipinski definition) is 2. The van der Waals surface area contributed by atoms with E-state index in [2.05, 4.69) is 42.7 Å². The standard InChI is InChI=1S/C18H14BrClN6O/c1-10-6-11(9-21)7-13(22-2)16(10)24-18(27)14-8-15(19)25-26(14)17-12(20)4-3-5-23-17/h3-8,22H,1-2H3,(H,24,27). The van der Waals surface area contributed by atoms with Crippen LogP contribution in [0, 0.1) is 18.3 Å². The third kappa shape index (κ3) is 3.79. The van der Waals surface area contributed by atoms with E-state index in [-0.39, 0.29) is 11.6 Å². The summed E-state index contributed by atoms with van der Waals surface area (Å²) in [6, 6.07) is 10.4. The molecule has 0 saturated carbocycles. The van der Waals surface area contributed by atoms with Gasteiger partial charge in [-0.25, -0.2) is 9.67 Å². The van der Waals surface area contributed by atoms with Gasteiger partial charge in [-0.1, -0.05) is 11.6 Å². The average Bonchev–Trinajstić information content (AvgIpc) is 3.05. The fraction of sp³-hybridized carbons (Fsp3) is 0.111. The Balaban J connectivity index is 2.02. The highest BCUT2D eigenvalue weighted by Crippen LogP contribution is 2.29. The normalized spacial score (nSPS) is 10.3. The topological polar surface area (TPSA) is 95.6 Å². The highest BCUT2D eigenvalue weighted by Gasteiger charge is 2.20. The van der Waals surface area contributed by atoms with Crippen molar-refractivity contribution in [1.82, 2.24) is 14.8 Å². The van der Waals surface area contributed by atoms with Crippen molar-refractivity contribution in [3.8, 4) is 11.9 Å². The summed E-state index contributed by atoms with van der Waals surface area (Å²) in [5.41, 5.74) is 2.74. The molecule has 7 nitrogen and oxygen atoms in total. The molecule has 27 heavy (non-hydrogen) atoms. The third-order valence-electron chi connectivity index (χ3n) is 3.82. The third-order valence-corrected chi connectivity index (χ3v) is 4.51. The van der Waals surface area contributed by atoms with Crippen LogP contribution in [0.1, 0.15) is 21.6 Å². The molecule has 0 unspecified atom stereocenters. The minimum Gasteiger partial charge on any atom is -0.386 e. The van der Waals surface area contributed by atoms with Crippen LogP contribution in [0.25, 0.3) is 5.82 Å². The van der Waals surface area contributed by atoms with Crippen molar-refractivity contribution in [1.29, 1.82) is 5.26 Å². The van der Waals surface area contributed by atoms with Crippen LogP contribution >= 0.6 is 27.5 Å². The summed E-state index contributed by atoms with van der Waals surface area (Å²) < 4.78 is 1.85. The van der Waals surface area contributed by atoms with E-state index < -0.39 is 0 Å². The Kier molecular flexibility index (Phi) is 5.44. The van der Waals surface area contributed by atoms with Crippen molar-refractivity contribution in [2.45, 2.75) is 6.92 Å². The van der Waals surface area contributed by atoms with Gasteiger partial charge in [0.2, 0.25) is 0 Å². The van der Waals surface area contributed by atoms with Gasteiger partial charge in [0, 0.05) is 19.3 Å². The number of pyridine rings is 1. The number of rotatable bonds is 4. The van der Waals surface area contributed by atoms with Crippen molar-refractivity contribution in [3.63, 3.8) is 0 Å². The molecule has 0 fully saturated rings. The van der Waals surface area contributed by atoms with Crippen LogP contribution < -0.4 is 10.6 Å². The Bertz CT molecular complexity index is 1070. The maximum absolute atomic E-state index is 13.0. The van der Waals surface area contributed by atoms with Crippen molar-refractivity contribution in [2.75, 3.05) is 17.7 Å². The number of nitrogens with zero attached hydrogens (tertiary/aromatic N) is 4. The Morgan fingerprint density at radius 1 is 1.37 bits per heavy atom. The molecule has 0 aliphatic carbocycles. The van der Waals surface area contributed by atoms with Crippen molar-refractivity contribution < 1.29 is 4.79 Å². The molecule has 3 rings (SSSR count). The van der Waals surface area contributed by atoms with Gasteiger partial charge in [-0.15, -0.1) is 0 Å². The molecule has 0 aliphatic heterocycles. The molecule has 0 radical (unpaired) electrons. The first-order chi connectivity index (χ1) is 12.9. The first-order valence-electron chi connectivity index (χ1n) is 7.85. The van der Waals surface area contributed by atoms with Gasteiger partial charge in [-0.3, -0.25) is 4.79 Å². The molecule has 0 saturated heterocycles. The predicted molar refractivity (Wildman–Crippen MR) is 107 cm³/mol. The predicted octanol–water partition coefficient (Wildman–Crippen LogP) is 4.16. The maximum atomic E-state index is 13.0. The van der Waals surface area contributed by atoms with Crippen molar-refractivity contribution in [2.24, 2.45) is 0 Å². The van der Waals surface area contributed by atoms with Gasteiger partial charge in [0.05, 0.1) is 28.0 Å². The fourth-order valence-corrected chi connectivity index (χ4v) is 3.18. The summed E-state index contributed by atoms with van der Waals surface area (Å²) in [4.78, 5) is 17.2. The molecule has 0 aliphatic rings. The minimum absolute atomic E-state index is 0.258. The number of hydrogen-bond acceptors (Lipinski definition) is 5. The van der Waals surface area contributed by atoms with Crippen LogP contribution in [0.4, 0.5) is 11.4 Å². The van der Waals surface area contributed by atoms with Crippen LogP contribution in [-0.2, 0) is 0 Å². The summed E-state index contributed by atoms with van der Waals surface area (Å²) in [5, 5.41) is 19.6. The molecule has 3 aromatic rings. The highest BCUT2D eigenvalue weighted by atomic mass is 79.9. The number of aryl methyl sites for hydroxylation is 1. The number of halogens is 2. The van der Waals surface area contributed by atoms with Crippen LogP contribution in [0.15, 0.2) is 41.1 Å². The van der Waals surface area contributed by atoms with E-state index >= 15 is 0 Å². The molecule has 1 amide bonds. The van der Waals surface area contributed by atoms with E-state index in [9.17, 15) is 4.79 Å². The number of carbonyl (C=O) groups excluding carboxylic acids is 1. The van der Waals surface area contributed by atoms with E-state index in [4.69, 9.17) is 16.9 Å². The number of amides is 1. The second-order valence-electron chi connectivity index (χ2n) is 5.60. The van der Waals surface area contributed by atoms with Gasteiger partial charge < -0.3 is 10.6 Å². The molecular weight excluding hydrogens is 432 g/mol. The zero-order chi connectivity index (χ0) is 19.6. The van der Waals surface area contributed by atoms with Crippen molar-refractivity contribution in [3.05, 3.63) is 63.0 Å². The highest BCUT2D eigenvalue weighted by molar-refractivity contribution is 9.10. The molecule has 2 aromatic heterocycles. The summed E-state index contributed by atoms with van der Waals surface area (Å²) in [6.07, 6.45) is 1.57. The largest absolute Gasteiger partial charge is 0.386 e. The zero-order valence-electron chi connectivity index (χ0n) is 14.4. The van der Waals surface area contributed by atoms with E-state index in [0.29, 0.717) is 32.4 Å². The molecule has 136 valence electrons. The molecule has 0 spiro atoms. The number of anilines is 2. The lowest BCUT2D eigenvalue weighted by atomic mass is 10.1. The maximum Gasteiger partial charge on any atom is 0.274 e. The molecule has 2 N–H and O–H groups in total. The molecule has 0 bridgehead atoms. The number of carbonyl (C=O) groups is 1. The monoisotopic (exact) mass is 444 g/mol. The second-order valence-corrected chi connectivity index (χ2v) is 6.82. The molecule has 9 heteroatoms. The van der Waals surface area contributed by atoms with Gasteiger partial charge in [-0.2, -0.15) is 10.4 Å². The summed E-state index contributed by atoms with van der Waals surface area (Å²) in [6.45, 7) is 1.82. The summed E-state index contributed by atoms with van der Waals surface area (Å²) in [5.74, 6) is -0.0420. The van der Waals surface area contributed by atoms with Crippen molar-refractivity contribution >= 4 is 44.8 Å². The quantitative estimate of drug-likeness (QED) is 0.629. The number of nitriles is 1. The molecule has 0 atom stereocenters. The molecule has 2 heterocycles. The lowest BCUT2D eigenvalue weighted by molar-refractivity contribution is 0.101. The van der Waals surface area contributed by atoms with Crippen LogP contribution in [0.3, 0.4) is 0 Å². The first kappa shape index (κ1) is 18.9. The van der Waals surface area contributed by atoms with E-state index in [1.165, 1.54) is 4.68 Å². The SMILES string of the molecule is CNc1cc(C#N)cc(C)c1NC(=O)c1cc(Br)nn1-c1ncccc1Cl. The van der Waals surface area contributed by atoms with Gasteiger partial charge in [0.15, 0.2) is 5.82 Å². The van der Waals surface area contributed by atoms with Gasteiger partial charge in [-0.05, 0) is 52.7 Å². The van der Waals surface area contributed by atoms with Gasteiger partial charge >= 0.3 is 0 Å². The fourth-order valence-electron chi connectivity index (χ4n) is 2.60. The number of aromatic nitrogens is 3. The lowest BCUT2D eigenvalue weighted by Crippen LogP contribution is -2.19. The molecular formula is C18H14BrClN6O. The first-order valence-corrected chi connectivity index (χ1v) is 9.02. The van der Waals surface area contributed by atoms with E-state index in [1.54, 1.807) is 43.6 Å². The average molecular weight is 446 g/mol. The summed E-state index contributed by atoms with van der Waals surface area (Å²) in [7, 11) is 1.72. The lowest BCUT2D eigenvalue weighted by Gasteiger charge is -2.15. The Labute approximate surface area is 169 Å². The molecule has 1 aromatic carbocycles. The number of nitrogens with one attached hydrogen (secondary N) is 2. The van der Waals surface area contributed by atoms with Crippen LogP contribution in [0.2, 0.25) is 5.02 Å². The smallest absolute Gasteiger partial charge is 0.274 e. The van der Waals surface area contributed by atoms with Crippen LogP contribution in [0.5, 0.6) is 0 Å². The Hall–Kier alpha value is -2.89. The van der Waals surface area contributed by atoms with Gasteiger partial charge in [0.1, 0.15) is 10.3 Å². The number of benzene rings is 1. The van der Waals surface area contributed by atoms with Crippen LogP contribution in [-0.4, -0.2) is 27.7 Å². The Morgan fingerprint density at radius 2 is 2.15 bits per heavy atom. The minimum atomic E-state index is -0.390.